The van der Waals surface area contributed by atoms with Gasteiger partial charge in [-0.2, -0.15) is 0 Å². The zero-order valence-corrected chi connectivity index (χ0v) is 12.4. The SMILES string of the molecule is CCC1CC1NCC(O)COc1c(Cl)cccc1Cl. The molecule has 0 amide bonds. The molecule has 0 heterocycles. The molecular formula is C14H19Cl2NO2. The van der Waals surface area contributed by atoms with Gasteiger partial charge in [0.15, 0.2) is 5.75 Å². The Morgan fingerprint density at radius 1 is 1.42 bits per heavy atom. The number of hydrogen-bond acceptors (Lipinski definition) is 3. The highest BCUT2D eigenvalue weighted by atomic mass is 35.5. The lowest BCUT2D eigenvalue weighted by Crippen LogP contribution is -2.33. The fraction of sp³-hybridized carbons (Fsp3) is 0.571. The van der Waals surface area contributed by atoms with Crippen molar-refractivity contribution < 1.29 is 9.84 Å². The highest BCUT2D eigenvalue weighted by molar-refractivity contribution is 6.37. The standard InChI is InChI=1S/C14H19Cl2NO2/c1-2-9-6-13(9)17-7-10(18)8-19-14-11(15)4-3-5-12(14)16/h3-5,9-10,13,17-18H,2,6-8H2,1H3. The molecule has 0 bridgehead atoms. The average Bonchev–Trinajstić information content (AvgIpc) is 3.14. The maximum Gasteiger partial charge on any atom is 0.156 e. The average molecular weight is 304 g/mol. The third kappa shape index (κ3) is 4.25. The lowest BCUT2D eigenvalue weighted by molar-refractivity contribution is 0.106. The molecule has 3 atom stereocenters. The molecule has 0 aromatic heterocycles. The molecule has 1 aliphatic carbocycles. The summed E-state index contributed by atoms with van der Waals surface area (Å²) < 4.78 is 5.48. The Hall–Kier alpha value is -0.480. The van der Waals surface area contributed by atoms with E-state index in [1.807, 2.05) is 0 Å². The topological polar surface area (TPSA) is 41.5 Å². The Bertz CT molecular complexity index is 408. The molecule has 5 heteroatoms. The van der Waals surface area contributed by atoms with E-state index in [0.29, 0.717) is 28.4 Å². The highest BCUT2D eigenvalue weighted by Crippen LogP contribution is 2.33. The van der Waals surface area contributed by atoms with E-state index in [9.17, 15) is 5.11 Å². The van der Waals surface area contributed by atoms with Crippen LogP contribution < -0.4 is 10.1 Å². The number of halogens is 2. The lowest BCUT2D eigenvalue weighted by Gasteiger charge is -2.14. The summed E-state index contributed by atoms with van der Waals surface area (Å²) in [5, 5.41) is 14.1. The van der Waals surface area contributed by atoms with Crippen molar-refractivity contribution in [1.29, 1.82) is 0 Å². The molecule has 0 spiro atoms. The van der Waals surface area contributed by atoms with Gasteiger partial charge in [-0.05, 0) is 24.5 Å². The highest BCUT2D eigenvalue weighted by Gasteiger charge is 2.34. The summed E-state index contributed by atoms with van der Waals surface area (Å²) in [5.74, 6) is 1.20. The first-order valence-electron chi connectivity index (χ1n) is 6.60. The number of aliphatic hydroxyl groups excluding tert-OH is 1. The molecule has 1 aliphatic rings. The smallest absolute Gasteiger partial charge is 0.156 e. The van der Waals surface area contributed by atoms with Crippen LogP contribution in [0.4, 0.5) is 0 Å². The number of benzene rings is 1. The van der Waals surface area contributed by atoms with E-state index < -0.39 is 6.10 Å². The van der Waals surface area contributed by atoms with Crippen LogP contribution in [0.3, 0.4) is 0 Å². The van der Waals surface area contributed by atoms with E-state index in [0.717, 1.165) is 5.92 Å². The molecule has 2 rings (SSSR count). The Morgan fingerprint density at radius 2 is 2.11 bits per heavy atom. The molecule has 0 aliphatic heterocycles. The minimum atomic E-state index is -0.564. The van der Waals surface area contributed by atoms with E-state index in [2.05, 4.69) is 12.2 Å². The number of ether oxygens (including phenoxy) is 1. The normalized spacial score (nSPS) is 23.2. The second-order valence-electron chi connectivity index (χ2n) is 4.93. The van der Waals surface area contributed by atoms with Gasteiger partial charge in [-0.3, -0.25) is 0 Å². The fourth-order valence-corrected chi connectivity index (χ4v) is 2.60. The van der Waals surface area contributed by atoms with Gasteiger partial charge in [-0.15, -0.1) is 0 Å². The summed E-state index contributed by atoms with van der Waals surface area (Å²) >= 11 is 12.0. The first kappa shape index (κ1) is 14.9. The summed E-state index contributed by atoms with van der Waals surface area (Å²) in [6.45, 7) is 2.90. The van der Waals surface area contributed by atoms with Crippen LogP contribution in [0.15, 0.2) is 18.2 Å². The Kier molecular flexibility index (Phi) is 5.34. The van der Waals surface area contributed by atoms with Crippen LogP contribution in [0, 0.1) is 5.92 Å². The van der Waals surface area contributed by atoms with Gasteiger partial charge < -0.3 is 15.2 Å². The summed E-state index contributed by atoms with van der Waals surface area (Å²) in [4.78, 5) is 0. The van der Waals surface area contributed by atoms with Gasteiger partial charge in [0.25, 0.3) is 0 Å². The second kappa shape index (κ2) is 6.80. The largest absolute Gasteiger partial charge is 0.488 e. The number of hydrogen-bond donors (Lipinski definition) is 2. The summed E-state index contributed by atoms with van der Waals surface area (Å²) in [6, 6.07) is 5.74. The zero-order chi connectivity index (χ0) is 13.8. The first-order valence-corrected chi connectivity index (χ1v) is 7.35. The van der Waals surface area contributed by atoms with E-state index >= 15 is 0 Å². The van der Waals surface area contributed by atoms with E-state index in [4.69, 9.17) is 27.9 Å². The molecular weight excluding hydrogens is 285 g/mol. The van der Waals surface area contributed by atoms with Crippen molar-refractivity contribution in [3.05, 3.63) is 28.2 Å². The van der Waals surface area contributed by atoms with E-state index in [-0.39, 0.29) is 6.61 Å². The number of aliphatic hydroxyl groups is 1. The quantitative estimate of drug-likeness (QED) is 0.813. The van der Waals surface area contributed by atoms with Crippen LogP contribution in [0.1, 0.15) is 19.8 Å². The molecule has 1 fully saturated rings. The minimum Gasteiger partial charge on any atom is -0.488 e. The molecule has 106 valence electrons. The van der Waals surface area contributed by atoms with Gasteiger partial charge >= 0.3 is 0 Å². The van der Waals surface area contributed by atoms with Crippen LogP contribution >= 0.6 is 23.2 Å². The maximum absolute atomic E-state index is 9.85. The van der Waals surface area contributed by atoms with Crippen molar-refractivity contribution in [3.63, 3.8) is 0 Å². The summed E-state index contributed by atoms with van der Waals surface area (Å²) in [5.41, 5.74) is 0. The van der Waals surface area contributed by atoms with Crippen molar-refractivity contribution in [1.82, 2.24) is 5.32 Å². The van der Waals surface area contributed by atoms with Crippen LogP contribution in [0.5, 0.6) is 5.75 Å². The lowest BCUT2D eigenvalue weighted by atomic mass is 10.3. The third-order valence-corrected chi connectivity index (χ3v) is 4.00. The monoisotopic (exact) mass is 303 g/mol. The molecule has 0 saturated heterocycles. The molecule has 1 saturated carbocycles. The number of para-hydroxylation sites is 1. The Morgan fingerprint density at radius 3 is 2.68 bits per heavy atom. The molecule has 3 unspecified atom stereocenters. The van der Waals surface area contributed by atoms with Gasteiger partial charge in [0.05, 0.1) is 10.0 Å². The molecule has 1 aromatic carbocycles. The van der Waals surface area contributed by atoms with Crippen molar-refractivity contribution in [2.45, 2.75) is 31.9 Å². The molecule has 3 nitrogen and oxygen atoms in total. The van der Waals surface area contributed by atoms with Crippen molar-refractivity contribution in [2.75, 3.05) is 13.2 Å². The fourth-order valence-electron chi connectivity index (χ4n) is 2.10. The molecule has 19 heavy (non-hydrogen) atoms. The Balaban J connectivity index is 1.73. The predicted octanol–water partition coefficient (Wildman–Crippen LogP) is 3.12. The second-order valence-corrected chi connectivity index (χ2v) is 5.75. The first-order chi connectivity index (χ1) is 9.11. The van der Waals surface area contributed by atoms with Gasteiger partial charge in [-0.25, -0.2) is 0 Å². The van der Waals surface area contributed by atoms with Crippen molar-refractivity contribution in [2.24, 2.45) is 5.92 Å². The zero-order valence-electron chi connectivity index (χ0n) is 10.9. The van der Waals surface area contributed by atoms with Gasteiger partial charge in [0.2, 0.25) is 0 Å². The van der Waals surface area contributed by atoms with Gasteiger partial charge in [-0.1, -0.05) is 42.6 Å². The summed E-state index contributed by atoms with van der Waals surface area (Å²) in [6.07, 6.45) is 1.84. The van der Waals surface area contributed by atoms with Crippen LogP contribution in [-0.2, 0) is 0 Å². The minimum absolute atomic E-state index is 0.181. The molecule has 1 aromatic rings. The van der Waals surface area contributed by atoms with Crippen LogP contribution in [-0.4, -0.2) is 30.4 Å². The Labute approximate surface area is 123 Å². The maximum atomic E-state index is 9.85. The van der Waals surface area contributed by atoms with Gasteiger partial charge in [0.1, 0.15) is 12.7 Å². The third-order valence-electron chi connectivity index (χ3n) is 3.40. The molecule has 0 radical (unpaired) electrons. The van der Waals surface area contributed by atoms with E-state index in [1.54, 1.807) is 18.2 Å². The van der Waals surface area contributed by atoms with Crippen molar-refractivity contribution >= 4 is 23.2 Å². The van der Waals surface area contributed by atoms with Crippen LogP contribution in [0.25, 0.3) is 0 Å². The van der Waals surface area contributed by atoms with Crippen molar-refractivity contribution in [3.8, 4) is 5.75 Å². The van der Waals surface area contributed by atoms with E-state index in [1.165, 1.54) is 12.8 Å². The number of rotatable bonds is 7. The number of nitrogens with one attached hydrogen (secondary N) is 1. The molecule has 2 N–H and O–H groups in total. The van der Waals surface area contributed by atoms with Crippen LogP contribution in [0.2, 0.25) is 10.0 Å². The predicted molar refractivity (Wildman–Crippen MR) is 78.2 cm³/mol. The van der Waals surface area contributed by atoms with Gasteiger partial charge in [0, 0.05) is 12.6 Å². The summed E-state index contributed by atoms with van der Waals surface area (Å²) in [7, 11) is 0.